The summed E-state index contributed by atoms with van der Waals surface area (Å²) in [5.41, 5.74) is 5.15. The first-order valence-corrected chi connectivity index (χ1v) is 9.17. The molecule has 120 valence electrons. The Bertz CT molecular complexity index is 868. The second kappa shape index (κ2) is 5.81. The SMILES string of the molecule is Cc1ccc(S(=O)(=O)C/N=C2\CN(C)c3ccc(C)cc32)cc1. The molecule has 0 bridgehead atoms. The van der Waals surface area contributed by atoms with Gasteiger partial charge in [-0.25, -0.2) is 8.42 Å². The van der Waals surface area contributed by atoms with Gasteiger partial charge in [0, 0.05) is 18.3 Å². The fourth-order valence-electron chi connectivity index (χ4n) is 2.73. The van der Waals surface area contributed by atoms with Gasteiger partial charge in [-0.3, -0.25) is 4.99 Å². The molecule has 0 saturated carbocycles. The molecule has 0 atom stereocenters. The van der Waals surface area contributed by atoms with E-state index in [2.05, 4.69) is 28.1 Å². The van der Waals surface area contributed by atoms with Crippen LogP contribution in [0.1, 0.15) is 16.7 Å². The van der Waals surface area contributed by atoms with Crippen LogP contribution in [0.5, 0.6) is 0 Å². The van der Waals surface area contributed by atoms with Crippen molar-refractivity contribution in [3.8, 4) is 0 Å². The number of hydrogen-bond acceptors (Lipinski definition) is 4. The van der Waals surface area contributed by atoms with Crippen LogP contribution in [0, 0.1) is 13.8 Å². The molecule has 2 aromatic rings. The molecule has 1 aliphatic rings. The summed E-state index contributed by atoms with van der Waals surface area (Å²) < 4.78 is 24.9. The molecular weight excluding hydrogens is 308 g/mol. The number of aryl methyl sites for hydroxylation is 2. The fraction of sp³-hybridized carbons (Fsp3) is 0.278. The standard InChI is InChI=1S/C18H20N2O2S/c1-13-4-7-15(8-5-13)23(21,22)12-19-17-11-20(3)18-9-6-14(2)10-16(17)18/h4-10H,11-12H2,1-3H3/b19-17+. The molecule has 0 radical (unpaired) electrons. The zero-order chi connectivity index (χ0) is 16.6. The van der Waals surface area contributed by atoms with Gasteiger partial charge in [0.25, 0.3) is 0 Å². The van der Waals surface area contributed by atoms with Gasteiger partial charge in [-0.1, -0.05) is 29.3 Å². The summed E-state index contributed by atoms with van der Waals surface area (Å²) in [5.74, 6) is -0.216. The molecule has 0 unspecified atom stereocenters. The summed E-state index contributed by atoms with van der Waals surface area (Å²) in [5, 5.41) is 0. The minimum absolute atomic E-state index is 0.216. The molecule has 0 N–H and O–H groups in total. The normalized spacial score (nSPS) is 16.0. The number of hydrogen-bond donors (Lipinski definition) is 0. The summed E-state index contributed by atoms with van der Waals surface area (Å²) >= 11 is 0. The van der Waals surface area contributed by atoms with Crippen LogP contribution in [0.25, 0.3) is 0 Å². The summed E-state index contributed by atoms with van der Waals surface area (Å²) in [7, 11) is -1.41. The van der Waals surface area contributed by atoms with E-state index in [0.717, 1.165) is 28.1 Å². The van der Waals surface area contributed by atoms with Crippen molar-refractivity contribution in [1.29, 1.82) is 0 Å². The first kappa shape index (κ1) is 15.7. The maximum absolute atomic E-state index is 12.4. The van der Waals surface area contributed by atoms with Crippen LogP contribution in [0.3, 0.4) is 0 Å². The Morgan fingerprint density at radius 2 is 1.70 bits per heavy atom. The number of aliphatic imine (C=N–C) groups is 1. The third kappa shape index (κ3) is 3.15. The third-order valence-corrected chi connectivity index (χ3v) is 5.53. The number of nitrogens with zero attached hydrogens (tertiary/aromatic N) is 2. The minimum Gasteiger partial charge on any atom is -0.368 e. The van der Waals surface area contributed by atoms with Crippen molar-refractivity contribution in [2.75, 3.05) is 24.4 Å². The van der Waals surface area contributed by atoms with Crippen LogP contribution in [0.15, 0.2) is 52.4 Å². The van der Waals surface area contributed by atoms with Crippen LogP contribution in [-0.4, -0.2) is 33.6 Å². The maximum Gasteiger partial charge on any atom is 0.198 e. The van der Waals surface area contributed by atoms with Gasteiger partial charge in [0.05, 0.1) is 17.2 Å². The molecule has 3 rings (SSSR count). The van der Waals surface area contributed by atoms with E-state index in [1.54, 1.807) is 12.1 Å². The molecule has 0 aliphatic carbocycles. The molecule has 1 aliphatic heterocycles. The molecule has 0 amide bonds. The number of sulfone groups is 1. The molecular formula is C18H20N2O2S. The summed E-state index contributed by atoms with van der Waals surface area (Å²) in [4.78, 5) is 6.83. The van der Waals surface area contributed by atoms with Crippen LogP contribution in [0.4, 0.5) is 5.69 Å². The molecule has 0 fully saturated rings. The van der Waals surface area contributed by atoms with E-state index >= 15 is 0 Å². The van der Waals surface area contributed by atoms with Gasteiger partial charge in [0.15, 0.2) is 9.84 Å². The van der Waals surface area contributed by atoms with Crippen LogP contribution < -0.4 is 4.90 Å². The van der Waals surface area contributed by atoms with Crippen molar-refractivity contribution in [1.82, 2.24) is 0 Å². The Morgan fingerprint density at radius 1 is 1.04 bits per heavy atom. The lowest BCUT2D eigenvalue weighted by molar-refractivity contribution is 0.596. The summed E-state index contributed by atoms with van der Waals surface area (Å²) in [6.45, 7) is 4.60. The van der Waals surface area contributed by atoms with Crippen LogP contribution in [0.2, 0.25) is 0 Å². The predicted molar refractivity (Wildman–Crippen MR) is 94.2 cm³/mol. The van der Waals surface area contributed by atoms with Crippen molar-refractivity contribution in [2.45, 2.75) is 18.7 Å². The molecule has 2 aromatic carbocycles. The van der Waals surface area contributed by atoms with E-state index in [1.807, 2.05) is 33.0 Å². The highest BCUT2D eigenvalue weighted by atomic mass is 32.2. The van der Waals surface area contributed by atoms with Crippen molar-refractivity contribution in [3.63, 3.8) is 0 Å². The average Bonchev–Trinajstić information content (AvgIpc) is 2.81. The highest BCUT2D eigenvalue weighted by molar-refractivity contribution is 7.91. The summed E-state index contributed by atoms with van der Waals surface area (Å²) in [6, 6.07) is 13.1. The van der Waals surface area contributed by atoms with Gasteiger partial charge in [0.1, 0.15) is 5.88 Å². The van der Waals surface area contributed by atoms with Gasteiger partial charge in [0.2, 0.25) is 0 Å². The van der Waals surface area contributed by atoms with E-state index in [0.29, 0.717) is 11.4 Å². The van der Waals surface area contributed by atoms with Crippen LogP contribution >= 0.6 is 0 Å². The number of fused-ring (bicyclic) bond motifs is 1. The quantitative estimate of drug-likeness (QED) is 0.870. The Balaban J connectivity index is 1.89. The zero-order valence-corrected chi connectivity index (χ0v) is 14.4. The molecule has 4 nitrogen and oxygen atoms in total. The first-order chi connectivity index (χ1) is 10.9. The third-order valence-electron chi connectivity index (χ3n) is 4.07. The topological polar surface area (TPSA) is 49.7 Å². The molecule has 23 heavy (non-hydrogen) atoms. The molecule has 0 spiro atoms. The highest BCUT2D eigenvalue weighted by Gasteiger charge is 2.23. The van der Waals surface area contributed by atoms with Gasteiger partial charge < -0.3 is 4.90 Å². The van der Waals surface area contributed by atoms with Gasteiger partial charge in [-0.05, 0) is 38.1 Å². The van der Waals surface area contributed by atoms with E-state index in [9.17, 15) is 8.42 Å². The Hall–Kier alpha value is -2.14. The fourth-order valence-corrected chi connectivity index (χ4v) is 3.75. The molecule has 0 aromatic heterocycles. The Kier molecular flexibility index (Phi) is 3.98. The van der Waals surface area contributed by atoms with Crippen molar-refractivity contribution in [3.05, 3.63) is 59.2 Å². The second-order valence-electron chi connectivity index (χ2n) is 6.04. The lowest BCUT2D eigenvalue weighted by Crippen LogP contribution is -2.17. The molecule has 0 saturated heterocycles. The molecule has 5 heteroatoms. The number of rotatable bonds is 3. The maximum atomic E-state index is 12.4. The van der Waals surface area contributed by atoms with Gasteiger partial charge in [-0.15, -0.1) is 0 Å². The lowest BCUT2D eigenvalue weighted by atomic mass is 10.1. The average molecular weight is 328 g/mol. The first-order valence-electron chi connectivity index (χ1n) is 7.52. The van der Waals surface area contributed by atoms with Crippen molar-refractivity contribution in [2.24, 2.45) is 4.99 Å². The Morgan fingerprint density at radius 3 is 2.39 bits per heavy atom. The highest BCUT2D eigenvalue weighted by Crippen LogP contribution is 2.28. The number of anilines is 1. The minimum atomic E-state index is -3.40. The van der Waals surface area contributed by atoms with Crippen molar-refractivity contribution >= 4 is 21.2 Å². The van der Waals surface area contributed by atoms with Crippen LogP contribution in [-0.2, 0) is 9.84 Å². The lowest BCUT2D eigenvalue weighted by Gasteiger charge is -2.10. The second-order valence-corrected chi connectivity index (χ2v) is 8.00. The summed E-state index contributed by atoms with van der Waals surface area (Å²) in [6.07, 6.45) is 0. The zero-order valence-electron chi connectivity index (χ0n) is 13.6. The van der Waals surface area contributed by atoms with Gasteiger partial charge >= 0.3 is 0 Å². The van der Waals surface area contributed by atoms with E-state index in [1.165, 1.54) is 0 Å². The van der Waals surface area contributed by atoms with Crippen molar-refractivity contribution < 1.29 is 8.42 Å². The monoisotopic (exact) mass is 328 g/mol. The molecule has 1 heterocycles. The van der Waals surface area contributed by atoms with E-state index in [-0.39, 0.29) is 5.88 Å². The van der Waals surface area contributed by atoms with E-state index in [4.69, 9.17) is 0 Å². The Labute approximate surface area is 137 Å². The largest absolute Gasteiger partial charge is 0.368 e. The van der Waals surface area contributed by atoms with Gasteiger partial charge in [-0.2, -0.15) is 0 Å². The number of benzene rings is 2. The smallest absolute Gasteiger partial charge is 0.198 e. The number of likely N-dealkylation sites (N-methyl/N-ethyl adjacent to an activating group) is 1. The predicted octanol–water partition coefficient (Wildman–Crippen LogP) is 2.97. The van der Waals surface area contributed by atoms with E-state index < -0.39 is 9.84 Å².